The number of carbonyl (C=O) groups is 1. The van der Waals surface area contributed by atoms with Crippen LogP contribution in [0.2, 0.25) is 0 Å². The molecule has 3 aromatic rings. The van der Waals surface area contributed by atoms with Crippen LogP contribution in [-0.2, 0) is 37.6 Å². The van der Waals surface area contributed by atoms with Crippen molar-refractivity contribution >= 4 is 11.6 Å². The highest BCUT2D eigenvalue weighted by Crippen LogP contribution is 2.17. The van der Waals surface area contributed by atoms with Crippen molar-refractivity contribution in [3.63, 3.8) is 0 Å². The number of nitrogens with one attached hydrogen (secondary N) is 1. The Balaban J connectivity index is 1.66. The van der Waals surface area contributed by atoms with Crippen molar-refractivity contribution in [3.8, 4) is 0 Å². The second-order valence-electron chi connectivity index (χ2n) is 6.18. The number of aryl methyl sites for hydroxylation is 2. The van der Waals surface area contributed by atoms with Gasteiger partial charge in [0.1, 0.15) is 0 Å². The standard InChI is InChI=1S/C19H24N6O/c1-4-17-16(18(5-2)24(3)23-17)10-19(26)22-15-11-21-25(13-15)12-14-8-6-7-9-20-14/h6-9,11,13H,4-5,10,12H2,1-3H3,(H,22,26). The average molecular weight is 352 g/mol. The second-order valence-corrected chi connectivity index (χ2v) is 6.18. The van der Waals surface area contributed by atoms with E-state index >= 15 is 0 Å². The molecule has 1 N–H and O–H groups in total. The summed E-state index contributed by atoms with van der Waals surface area (Å²) in [4.78, 5) is 16.8. The first-order valence-corrected chi connectivity index (χ1v) is 8.86. The van der Waals surface area contributed by atoms with Crippen molar-refractivity contribution in [1.29, 1.82) is 0 Å². The molecule has 0 saturated heterocycles. The first kappa shape index (κ1) is 17.8. The molecule has 0 bridgehead atoms. The van der Waals surface area contributed by atoms with Gasteiger partial charge < -0.3 is 5.32 Å². The molecule has 3 rings (SSSR count). The maximum absolute atomic E-state index is 12.5. The highest BCUT2D eigenvalue weighted by atomic mass is 16.1. The molecule has 3 heterocycles. The molecule has 0 aliphatic carbocycles. The number of amides is 1. The minimum Gasteiger partial charge on any atom is -0.323 e. The van der Waals surface area contributed by atoms with Crippen LogP contribution in [0, 0.1) is 0 Å². The van der Waals surface area contributed by atoms with E-state index in [-0.39, 0.29) is 5.91 Å². The predicted octanol–water partition coefficient (Wildman–Crippen LogP) is 2.37. The fourth-order valence-electron chi connectivity index (χ4n) is 3.13. The summed E-state index contributed by atoms with van der Waals surface area (Å²) in [7, 11) is 1.93. The van der Waals surface area contributed by atoms with Crippen LogP contribution in [0.3, 0.4) is 0 Å². The van der Waals surface area contributed by atoms with Crippen molar-refractivity contribution in [2.45, 2.75) is 39.7 Å². The van der Waals surface area contributed by atoms with Crippen LogP contribution in [-0.4, -0.2) is 30.5 Å². The quantitative estimate of drug-likeness (QED) is 0.708. The summed E-state index contributed by atoms with van der Waals surface area (Å²) in [5, 5.41) is 11.7. The third kappa shape index (κ3) is 3.99. The lowest BCUT2D eigenvalue weighted by molar-refractivity contribution is -0.115. The normalized spacial score (nSPS) is 10.9. The van der Waals surface area contributed by atoms with Gasteiger partial charge in [0.15, 0.2) is 0 Å². The maximum atomic E-state index is 12.5. The molecule has 0 aromatic carbocycles. The number of pyridine rings is 1. The fraction of sp³-hybridized carbons (Fsp3) is 0.368. The van der Waals surface area contributed by atoms with Crippen LogP contribution in [0.25, 0.3) is 0 Å². The first-order valence-electron chi connectivity index (χ1n) is 8.86. The highest BCUT2D eigenvalue weighted by molar-refractivity contribution is 5.92. The number of carbonyl (C=O) groups excluding carboxylic acids is 1. The predicted molar refractivity (Wildman–Crippen MR) is 99.9 cm³/mol. The van der Waals surface area contributed by atoms with E-state index in [9.17, 15) is 4.79 Å². The molecule has 7 heteroatoms. The molecular formula is C19H24N6O. The van der Waals surface area contributed by atoms with E-state index < -0.39 is 0 Å². The Morgan fingerprint density at radius 1 is 1.23 bits per heavy atom. The van der Waals surface area contributed by atoms with Gasteiger partial charge in [-0.25, -0.2) is 0 Å². The van der Waals surface area contributed by atoms with E-state index in [1.165, 1.54) is 0 Å². The Hall–Kier alpha value is -2.96. The number of aromatic nitrogens is 5. The van der Waals surface area contributed by atoms with Gasteiger partial charge in [-0.2, -0.15) is 10.2 Å². The molecule has 26 heavy (non-hydrogen) atoms. The van der Waals surface area contributed by atoms with Gasteiger partial charge in [0.2, 0.25) is 5.91 Å². The van der Waals surface area contributed by atoms with Crippen LogP contribution in [0.5, 0.6) is 0 Å². The minimum absolute atomic E-state index is 0.0558. The zero-order valence-electron chi connectivity index (χ0n) is 15.4. The summed E-state index contributed by atoms with van der Waals surface area (Å²) in [6, 6.07) is 5.77. The van der Waals surface area contributed by atoms with Crippen molar-refractivity contribution in [1.82, 2.24) is 24.5 Å². The summed E-state index contributed by atoms with van der Waals surface area (Å²) < 4.78 is 3.64. The molecule has 0 radical (unpaired) electrons. The van der Waals surface area contributed by atoms with Crippen molar-refractivity contribution < 1.29 is 4.79 Å². The maximum Gasteiger partial charge on any atom is 0.229 e. The van der Waals surface area contributed by atoms with Gasteiger partial charge in [-0.15, -0.1) is 0 Å². The van der Waals surface area contributed by atoms with Gasteiger partial charge in [0, 0.05) is 30.7 Å². The zero-order chi connectivity index (χ0) is 18.5. The molecule has 1 amide bonds. The smallest absolute Gasteiger partial charge is 0.229 e. The van der Waals surface area contributed by atoms with E-state index in [0.29, 0.717) is 18.7 Å². The molecule has 0 atom stereocenters. The Morgan fingerprint density at radius 2 is 2.08 bits per heavy atom. The van der Waals surface area contributed by atoms with Crippen molar-refractivity contribution in [2.24, 2.45) is 7.05 Å². The summed E-state index contributed by atoms with van der Waals surface area (Å²) in [5.74, 6) is -0.0558. The molecular weight excluding hydrogens is 328 g/mol. The zero-order valence-corrected chi connectivity index (χ0v) is 15.4. The molecule has 0 saturated carbocycles. The first-order chi connectivity index (χ1) is 12.6. The van der Waals surface area contributed by atoms with E-state index in [4.69, 9.17) is 0 Å². The number of anilines is 1. The number of hydrogen-bond acceptors (Lipinski definition) is 4. The van der Waals surface area contributed by atoms with Gasteiger partial charge in [-0.1, -0.05) is 19.9 Å². The summed E-state index contributed by atoms with van der Waals surface area (Å²) >= 11 is 0. The minimum atomic E-state index is -0.0558. The Bertz CT molecular complexity index is 881. The monoisotopic (exact) mass is 352 g/mol. The number of hydrogen-bond donors (Lipinski definition) is 1. The summed E-state index contributed by atoms with van der Waals surface area (Å²) in [6.07, 6.45) is 7.23. The molecule has 0 aliphatic heterocycles. The molecule has 136 valence electrons. The van der Waals surface area contributed by atoms with Gasteiger partial charge in [-0.05, 0) is 25.0 Å². The van der Waals surface area contributed by atoms with Gasteiger partial charge in [0.25, 0.3) is 0 Å². The third-order valence-corrected chi connectivity index (χ3v) is 4.33. The van der Waals surface area contributed by atoms with Gasteiger partial charge in [0.05, 0.1) is 36.2 Å². The Kier molecular flexibility index (Phi) is 5.46. The highest BCUT2D eigenvalue weighted by Gasteiger charge is 2.17. The van der Waals surface area contributed by atoms with Gasteiger partial charge >= 0.3 is 0 Å². The van der Waals surface area contributed by atoms with Crippen molar-refractivity contribution in [3.05, 3.63) is 59.4 Å². The van der Waals surface area contributed by atoms with E-state index in [0.717, 1.165) is 35.5 Å². The van der Waals surface area contributed by atoms with Crippen LogP contribution >= 0.6 is 0 Å². The summed E-state index contributed by atoms with van der Waals surface area (Å²) in [5.41, 5.74) is 4.75. The van der Waals surface area contributed by atoms with E-state index in [2.05, 4.69) is 34.3 Å². The summed E-state index contributed by atoms with van der Waals surface area (Å²) in [6.45, 7) is 4.71. The van der Waals surface area contributed by atoms with Crippen LogP contribution in [0.1, 0.15) is 36.5 Å². The molecule has 7 nitrogen and oxygen atoms in total. The Labute approximate surface area is 153 Å². The fourth-order valence-corrected chi connectivity index (χ4v) is 3.13. The number of rotatable bonds is 7. The second kappa shape index (κ2) is 7.95. The topological polar surface area (TPSA) is 77.6 Å². The third-order valence-electron chi connectivity index (χ3n) is 4.33. The van der Waals surface area contributed by atoms with E-state index in [1.807, 2.05) is 36.1 Å². The average Bonchev–Trinajstić information content (AvgIpc) is 3.19. The molecule has 0 unspecified atom stereocenters. The largest absolute Gasteiger partial charge is 0.323 e. The molecule has 0 spiro atoms. The van der Waals surface area contributed by atoms with E-state index in [1.54, 1.807) is 17.1 Å². The SMILES string of the molecule is CCc1nn(C)c(CC)c1CC(=O)Nc1cnn(Cc2ccccn2)c1. The van der Waals surface area contributed by atoms with Gasteiger partial charge in [-0.3, -0.25) is 19.1 Å². The molecule has 0 fully saturated rings. The van der Waals surface area contributed by atoms with Crippen LogP contribution < -0.4 is 5.32 Å². The number of nitrogens with zero attached hydrogens (tertiary/aromatic N) is 5. The van der Waals surface area contributed by atoms with Crippen LogP contribution in [0.4, 0.5) is 5.69 Å². The lowest BCUT2D eigenvalue weighted by Crippen LogP contribution is -2.15. The molecule has 3 aromatic heterocycles. The molecule has 0 aliphatic rings. The van der Waals surface area contributed by atoms with Crippen LogP contribution in [0.15, 0.2) is 36.8 Å². The Morgan fingerprint density at radius 3 is 2.77 bits per heavy atom. The lowest BCUT2D eigenvalue weighted by Gasteiger charge is -2.05. The van der Waals surface area contributed by atoms with Crippen molar-refractivity contribution in [2.75, 3.05) is 5.32 Å². The lowest BCUT2D eigenvalue weighted by atomic mass is 10.1.